The van der Waals surface area contributed by atoms with Crippen LogP contribution in [0, 0.1) is 0 Å². The molecule has 5 heteroatoms. The van der Waals surface area contributed by atoms with Gasteiger partial charge in [0.2, 0.25) is 0 Å². The quantitative estimate of drug-likeness (QED) is 0.410. The number of aromatic nitrogens is 2. The highest BCUT2D eigenvalue weighted by molar-refractivity contribution is 7.18. The van der Waals surface area contributed by atoms with Crippen molar-refractivity contribution < 1.29 is 9.53 Å². The number of carbonyl (C=O) groups excluding carboxylic acids is 1. The van der Waals surface area contributed by atoms with Crippen molar-refractivity contribution in [3.63, 3.8) is 0 Å². The second kappa shape index (κ2) is 6.37. The van der Waals surface area contributed by atoms with Gasteiger partial charge in [-0.1, -0.05) is 30.3 Å². The van der Waals surface area contributed by atoms with Gasteiger partial charge in [-0.15, -0.1) is 11.3 Å². The largest absolute Gasteiger partial charge is 0.424 e. The van der Waals surface area contributed by atoms with E-state index in [0.717, 1.165) is 20.6 Å². The van der Waals surface area contributed by atoms with Crippen molar-refractivity contribution in [2.24, 2.45) is 0 Å². The molecule has 0 aliphatic rings. The lowest BCUT2D eigenvalue weighted by Crippen LogP contribution is -2.09. The molecule has 4 rings (SSSR count). The van der Waals surface area contributed by atoms with Gasteiger partial charge in [0.25, 0.3) is 0 Å². The molecule has 4 nitrogen and oxygen atoms in total. The number of rotatable bonds is 4. The van der Waals surface area contributed by atoms with E-state index in [1.165, 1.54) is 0 Å². The van der Waals surface area contributed by atoms with E-state index in [9.17, 15) is 4.79 Å². The minimum atomic E-state index is -0.271. The Morgan fingerprint density at radius 2 is 1.92 bits per heavy atom. The van der Waals surface area contributed by atoms with Crippen LogP contribution in [0.5, 0.6) is 5.75 Å². The van der Waals surface area contributed by atoms with Crippen LogP contribution < -0.4 is 4.74 Å². The molecule has 2 aromatic heterocycles. The zero-order valence-corrected chi connectivity index (χ0v) is 13.6. The van der Waals surface area contributed by atoms with Crippen molar-refractivity contribution in [2.45, 2.75) is 12.8 Å². The van der Waals surface area contributed by atoms with Crippen molar-refractivity contribution in [3.8, 4) is 5.75 Å². The maximum absolute atomic E-state index is 12.2. The molecule has 0 aliphatic heterocycles. The zero-order chi connectivity index (χ0) is 16.4. The van der Waals surface area contributed by atoms with E-state index in [4.69, 9.17) is 4.74 Å². The predicted octanol–water partition coefficient (Wildman–Crippen LogP) is 4.38. The van der Waals surface area contributed by atoms with Crippen molar-refractivity contribution >= 4 is 38.4 Å². The number of carbonyl (C=O) groups is 1. The van der Waals surface area contributed by atoms with Crippen LogP contribution >= 0.6 is 11.3 Å². The number of aryl methyl sites for hydroxylation is 1. The minimum Gasteiger partial charge on any atom is -0.424 e. The molecule has 2 aromatic carbocycles. The molecule has 24 heavy (non-hydrogen) atoms. The molecule has 0 spiro atoms. The summed E-state index contributed by atoms with van der Waals surface area (Å²) < 4.78 is 6.64. The fourth-order valence-corrected chi connectivity index (χ4v) is 3.53. The lowest BCUT2D eigenvalue weighted by molar-refractivity contribution is -0.134. The molecule has 118 valence electrons. The summed E-state index contributed by atoms with van der Waals surface area (Å²) in [5.41, 5.74) is 1.68. The number of para-hydroxylation sites is 2. The summed E-state index contributed by atoms with van der Waals surface area (Å²) in [4.78, 5) is 21.0. The van der Waals surface area contributed by atoms with Crippen LogP contribution in [0.4, 0.5) is 0 Å². The summed E-state index contributed by atoms with van der Waals surface area (Å²) in [7, 11) is 0. The molecular weight excluding hydrogens is 320 g/mol. The summed E-state index contributed by atoms with van der Waals surface area (Å²) in [5, 5.41) is 1.90. The van der Waals surface area contributed by atoms with Crippen LogP contribution in [0.3, 0.4) is 0 Å². The van der Waals surface area contributed by atoms with Gasteiger partial charge in [-0.05, 0) is 24.3 Å². The van der Waals surface area contributed by atoms with Gasteiger partial charge in [0, 0.05) is 18.0 Å². The van der Waals surface area contributed by atoms with E-state index >= 15 is 0 Å². The Labute approximate surface area is 142 Å². The van der Waals surface area contributed by atoms with Gasteiger partial charge in [-0.2, -0.15) is 0 Å². The Balaban J connectivity index is 1.46. The number of hydrogen-bond donors (Lipinski definition) is 0. The lowest BCUT2D eigenvalue weighted by Gasteiger charge is -2.06. The predicted molar refractivity (Wildman–Crippen MR) is 95.3 cm³/mol. The number of esters is 1. The normalized spacial score (nSPS) is 11.0. The van der Waals surface area contributed by atoms with E-state index in [2.05, 4.69) is 9.97 Å². The van der Waals surface area contributed by atoms with E-state index in [0.29, 0.717) is 24.1 Å². The summed E-state index contributed by atoms with van der Waals surface area (Å²) >= 11 is 1.62. The fourth-order valence-electron chi connectivity index (χ4n) is 2.57. The second-order valence-electron chi connectivity index (χ2n) is 5.38. The third-order valence-electron chi connectivity index (χ3n) is 3.70. The van der Waals surface area contributed by atoms with Gasteiger partial charge < -0.3 is 4.74 Å². The lowest BCUT2D eigenvalue weighted by atomic mass is 10.2. The third-order valence-corrected chi connectivity index (χ3v) is 4.80. The number of thiazole rings is 1. The molecule has 0 radical (unpaired) electrons. The first-order valence-corrected chi connectivity index (χ1v) is 8.50. The third kappa shape index (κ3) is 2.98. The Kier molecular flexibility index (Phi) is 3.92. The standard InChI is InChI=1S/C19H14N2O2S/c22-18(11-10-17-21-14-7-1-2-9-16(14)24-17)23-15-8-3-5-13-6-4-12-20-19(13)15/h1-9,12H,10-11H2. The van der Waals surface area contributed by atoms with Crippen molar-refractivity contribution in [1.82, 2.24) is 9.97 Å². The first-order valence-electron chi connectivity index (χ1n) is 7.68. The number of fused-ring (bicyclic) bond motifs is 2. The zero-order valence-electron chi connectivity index (χ0n) is 12.8. The van der Waals surface area contributed by atoms with Crippen LogP contribution in [0.15, 0.2) is 60.8 Å². The van der Waals surface area contributed by atoms with Gasteiger partial charge in [-0.25, -0.2) is 4.98 Å². The topological polar surface area (TPSA) is 52.1 Å². The van der Waals surface area contributed by atoms with Crippen LogP contribution in [0.2, 0.25) is 0 Å². The van der Waals surface area contributed by atoms with Gasteiger partial charge in [0.05, 0.1) is 21.6 Å². The fraction of sp³-hybridized carbons (Fsp3) is 0.105. The molecule has 4 aromatic rings. The van der Waals surface area contributed by atoms with Gasteiger partial charge in [-0.3, -0.25) is 9.78 Å². The SMILES string of the molecule is O=C(CCc1nc2ccccc2s1)Oc1cccc2cccnc12. The maximum Gasteiger partial charge on any atom is 0.311 e. The van der Waals surface area contributed by atoms with E-state index in [1.54, 1.807) is 23.6 Å². The molecular formula is C19H14N2O2S. The maximum atomic E-state index is 12.2. The molecule has 2 heterocycles. The van der Waals surface area contributed by atoms with Crippen LogP contribution in [0.1, 0.15) is 11.4 Å². The van der Waals surface area contributed by atoms with Crippen LogP contribution in [-0.2, 0) is 11.2 Å². The minimum absolute atomic E-state index is 0.271. The first-order chi connectivity index (χ1) is 11.8. The number of benzene rings is 2. The molecule has 0 unspecified atom stereocenters. The molecule has 0 aliphatic carbocycles. The number of hydrogen-bond acceptors (Lipinski definition) is 5. The average molecular weight is 334 g/mol. The summed E-state index contributed by atoms with van der Waals surface area (Å²) in [6, 6.07) is 17.4. The van der Waals surface area contributed by atoms with E-state index < -0.39 is 0 Å². The Morgan fingerprint density at radius 3 is 2.83 bits per heavy atom. The second-order valence-corrected chi connectivity index (χ2v) is 6.50. The number of pyridine rings is 1. The molecule has 0 amide bonds. The Hall–Kier alpha value is -2.79. The molecule has 0 saturated carbocycles. The van der Waals surface area contributed by atoms with Gasteiger partial charge in [0.1, 0.15) is 5.52 Å². The number of nitrogens with zero attached hydrogens (tertiary/aromatic N) is 2. The highest BCUT2D eigenvalue weighted by Gasteiger charge is 2.11. The smallest absolute Gasteiger partial charge is 0.311 e. The summed E-state index contributed by atoms with van der Waals surface area (Å²) in [6.07, 6.45) is 2.57. The summed E-state index contributed by atoms with van der Waals surface area (Å²) in [5.74, 6) is 0.231. The monoisotopic (exact) mass is 334 g/mol. The van der Waals surface area contributed by atoms with Gasteiger partial charge >= 0.3 is 5.97 Å². The molecule has 0 fully saturated rings. The van der Waals surface area contributed by atoms with Crippen LogP contribution in [-0.4, -0.2) is 15.9 Å². The summed E-state index contributed by atoms with van der Waals surface area (Å²) in [6.45, 7) is 0. The van der Waals surface area contributed by atoms with Gasteiger partial charge in [0.15, 0.2) is 5.75 Å². The Bertz CT molecular complexity index is 988. The van der Waals surface area contributed by atoms with Crippen molar-refractivity contribution in [1.29, 1.82) is 0 Å². The highest BCUT2D eigenvalue weighted by Crippen LogP contribution is 2.25. The van der Waals surface area contributed by atoms with Crippen LogP contribution in [0.25, 0.3) is 21.1 Å². The molecule has 0 bridgehead atoms. The van der Waals surface area contributed by atoms with E-state index in [-0.39, 0.29) is 5.97 Å². The first kappa shape index (κ1) is 14.8. The molecule has 0 N–H and O–H groups in total. The molecule has 0 saturated heterocycles. The average Bonchev–Trinajstić information content (AvgIpc) is 3.03. The number of ether oxygens (including phenoxy) is 1. The van der Waals surface area contributed by atoms with Crippen molar-refractivity contribution in [3.05, 3.63) is 65.8 Å². The molecule has 0 atom stereocenters. The van der Waals surface area contributed by atoms with Crippen molar-refractivity contribution in [2.75, 3.05) is 0 Å². The van der Waals surface area contributed by atoms with E-state index in [1.807, 2.05) is 48.5 Å². The Morgan fingerprint density at radius 1 is 1.04 bits per heavy atom. The highest BCUT2D eigenvalue weighted by atomic mass is 32.1.